The molecule has 0 N–H and O–H groups in total. The Morgan fingerprint density at radius 1 is 1.06 bits per heavy atom. The van der Waals surface area contributed by atoms with Crippen molar-refractivity contribution in [3.63, 3.8) is 0 Å². The quantitative estimate of drug-likeness (QED) is 0.758. The minimum absolute atomic E-state index is 0.574. The second kappa shape index (κ2) is 4.33. The highest BCUT2D eigenvalue weighted by molar-refractivity contribution is 9.10. The van der Waals surface area contributed by atoms with Gasteiger partial charge in [-0.05, 0) is 40.2 Å². The molecule has 2 heterocycles. The first-order chi connectivity index (χ1) is 8.33. The molecule has 0 atom stereocenters. The molecule has 4 nitrogen and oxygen atoms in total. The van der Waals surface area contributed by atoms with Crippen molar-refractivity contribution in [2.45, 2.75) is 0 Å². The highest BCUT2D eigenvalue weighted by Gasteiger charge is 2.12. The van der Waals surface area contributed by atoms with E-state index in [-0.39, 0.29) is 0 Å². The summed E-state index contributed by atoms with van der Waals surface area (Å²) in [5.74, 6) is 1.55. The van der Waals surface area contributed by atoms with Gasteiger partial charge in [0.1, 0.15) is 13.2 Å². The third-order valence-electron chi connectivity index (χ3n) is 2.46. The third-order valence-corrected chi connectivity index (χ3v) is 2.85. The van der Waals surface area contributed by atoms with Crippen LogP contribution in [0.4, 0.5) is 0 Å². The van der Waals surface area contributed by atoms with Crippen molar-refractivity contribution in [3.8, 4) is 22.8 Å². The van der Waals surface area contributed by atoms with Gasteiger partial charge in [-0.25, -0.2) is 9.97 Å². The Kier molecular flexibility index (Phi) is 2.68. The summed E-state index contributed by atoms with van der Waals surface area (Å²) in [5, 5.41) is 0. The molecule has 0 amide bonds. The first-order valence-corrected chi connectivity index (χ1v) is 6.01. The van der Waals surface area contributed by atoms with Gasteiger partial charge in [-0.1, -0.05) is 0 Å². The van der Waals surface area contributed by atoms with Crippen LogP contribution in [0, 0.1) is 0 Å². The van der Waals surface area contributed by atoms with Crippen LogP contribution in [0.3, 0.4) is 0 Å². The van der Waals surface area contributed by atoms with Crippen LogP contribution in [0.2, 0.25) is 0 Å². The molecule has 1 aromatic heterocycles. The minimum atomic E-state index is 0.574. The fraction of sp³-hybridized carbons (Fsp3) is 0.167. The molecule has 0 saturated heterocycles. The Bertz CT molecular complexity index is 560. The molecule has 86 valence electrons. The summed E-state index contributed by atoms with van der Waals surface area (Å²) in [4.78, 5) is 8.30. The minimum Gasteiger partial charge on any atom is -0.486 e. The molecular formula is C12H9BrN2O2. The summed E-state index contributed by atoms with van der Waals surface area (Å²) in [5.41, 5.74) is 1.83. The lowest BCUT2D eigenvalue weighted by atomic mass is 10.1. The molecule has 5 heteroatoms. The van der Waals surface area contributed by atoms with Crippen LogP contribution >= 0.6 is 15.9 Å². The third kappa shape index (κ3) is 2.10. The summed E-state index contributed by atoms with van der Waals surface area (Å²) in [6.07, 6.45) is 1.71. The van der Waals surface area contributed by atoms with Gasteiger partial charge >= 0.3 is 0 Å². The van der Waals surface area contributed by atoms with Crippen molar-refractivity contribution in [1.82, 2.24) is 9.97 Å². The molecule has 1 aromatic carbocycles. The van der Waals surface area contributed by atoms with Gasteiger partial charge in [0.15, 0.2) is 16.2 Å². The average molecular weight is 293 g/mol. The molecule has 3 rings (SSSR count). The normalized spacial score (nSPS) is 13.5. The van der Waals surface area contributed by atoms with Crippen molar-refractivity contribution in [2.24, 2.45) is 0 Å². The lowest BCUT2D eigenvalue weighted by molar-refractivity contribution is 0.171. The first-order valence-electron chi connectivity index (χ1n) is 5.21. The zero-order valence-corrected chi connectivity index (χ0v) is 10.5. The second-order valence-electron chi connectivity index (χ2n) is 3.57. The van der Waals surface area contributed by atoms with Gasteiger partial charge in [0.25, 0.3) is 0 Å². The van der Waals surface area contributed by atoms with E-state index in [1.807, 2.05) is 24.3 Å². The Labute approximate surface area is 107 Å². The number of rotatable bonds is 1. The van der Waals surface area contributed by atoms with Crippen LogP contribution in [0.1, 0.15) is 0 Å². The summed E-state index contributed by atoms with van der Waals surface area (Å²) >= 11 is 3.26. The highest BCUT2D eigenvalue weighted by Crippen LogP contribution is 2.33. The predicted octanol–water partition coefficient (Wildman–Crippen LogP) is 2.68. The monoisotopic (exact) mass is 292 g/mol. The van der Waals surface area contributed by atoms with Gasteiger partial charge in [0.05, 0.1) is 5.69 Å². The molecule has 0 radical (unpaired) electrons. The van der Waals surface area contributed by atoms with Crippen molar-refractivity contribution in [3.05, 3.63) is 35.2 Å². The molecule has 0 bridgehead atoms. The van der Waals surface area contributed by atoms with E-state index in [2.05, 4.69) is 25.9 Å². The maximum Gasteiger partial charge on any atom is 0.197 e. The molecular weight excluding hydrogens is 284 g/mol. The van der Waals surface area contributed by atoms with E-state index in [0.29, 0.717) is 17.9 Å². The van der Waals surface area contributed by atoms with Gasteiger partial charge in [-0.15, -0.1) is 0 Å². The predicted molar refractivity (Wildman–Crippen MR) is 66.2 cm³/mol. The molecule has 0 saturated carbocycles. The van der Waals surface area contributed by atoms with Gasteiger partial charge in [-0.3, -0.25) is 0 Å². The number of halogens is 1. The smallest absolute Gasteiger partial charge is 0.197 e. The zero-order valence-electron chi connectivity index (χ0n) is 8.89. The molecule has 0 aliphatic carbocycles. The van der Waals surface area contributed by atoms with E-state index >= 15 is 0 Å². The van der Waals surface area contributed by atoms with Crippen LogP contribution in [0.25, 0.3) is 11.3 Å². The van der Waals surface area contributed by atoms with E-state index in [1.165, 1.54) is 0 Å². The zero-order chi connectivity index (χ0) is 11.7. The molecule has 0 spiro atoms. The number of hydrogen-bond donors (Lipinski definition) is 0. The number of nitrogens with zero attached hydrogens (tertiary/aromatic N) is 2. The van der Waals surface area contributed by atoms with Crippen molar-refractivity contribution in [1.29, 1.82) is 0 Å². The molecule has 17 heavy (non-hydrogen) atoms. The number of benzene rings is 1. The van der Waals surface area contributed by atoms with Crippen molar-refractivity contribution in [2.75, 3.05) is 13.2 Å². The summed E-state index contributed by atoms with van der Waals surface area (Å²) in [7, 11) is 0. The van der Waals surface area contributed by atoms with Gasteiger partial charge in [0, 0.05) is 11.8 Å². The Morgan fingerprint density at radius 3 is 2.71 bits per heavy atom. The van der Waals surface area contributed by atoms with Gasteiger partial charge in [-0.2, -0.15) is 0 Å². The fourth-order valence-corrected chi connectivity index (χ4v) is 2.01. The lowest BCUT2D eigenvalue weighted by Crippen LogP contribution is -2.15. The van der Waals surface area contributed by atoms with Gasteiger partial charge < -0.3 is 9.47 Å². The van der Waals surface area contributed by atoms with Crippen LogP contribution < -0.4 is 9.47 Å². The number of ether oxygens (including phenoxy) is 2. The summed E-state index contributed by atoms with van der Waals surface area (Å²) in [6.45, 7) is 1.19. The maximum atomic E-state index is 5.54. The molecule has 2 aromatic rings. The fourth-order valence-electron chi connectivity index (χ4n) is 1.70. The van der Waals surface area contributed by atoms with Crippen molar-refractivity contribution >= 4 is 15.9 Å². The first kappa shape index (κ1) is 10.5. The van der Waals surface area contributed by atoms with Gasteiger partial charge in [0.2, 0.25) is 0 Å². The standard InChI is InChI=1S/C12H9BrN2O2/c13-12-14-4-3-9(15-12)8-1-2-10-11(7-8)17-6-5-16-10/h1-4,7H,5-6H2. The van der Waals surface area contributed by atoms with Crippen LogP contribution in [0.5, 0.6) is 11.5 Å². The molecule has 0 fully saturated rings. The van der Waals surface area contributed by atoms with E-state index in [1.54, 1.807) is 6.20 Å². The molecule has 0 unspecified atom stereocenters. The largest absolute Gasteiger partial charge is 0.486 e. The summed E-state index contributed by atoms with van der Waals surface area (Å²) < 4.78 is 11.6. The van der Waals surface area contributed by atoms with E-state index in [0.717, 1.165) is 22.8 Å². The van der Waals surface area contributed by atoms with Crippen LogP contribution in [0.15, 0.2) is 35.2 Å². The molecule has 1 aliphatic rings. The number of aromatic nitrogens is 2. The second-order valence-corrected chi connectivity index (χ2v) is 4.28. The maximum absolute atomic E-state index is 5.54. The molecule has 1 aliphatic heterocycles. The Morgan fingerprint density at radius 2 is 1.88 bits per heavy atom. The Balaban J connectivity index is 2.04. The van der Waals surface area contributed by atoms with E-state index < -0.39 is 0 Å². The summed E-state index contributed by atoms with van der Waals surface area (Å²) in [6, 6.07) is 7.65. The average Bonchev–Trinajstić information content (AvgIpc) is 2.38. The van der Waals surface area contributed by atoms with Crippen molar-refractivity contribution < 1.29 is 9.47 Å². The Hall–Kier alpha value is -1.62. The SMILES string of the molecule is Brc1nccc(-c2ccc3c(c2)OCCO3)n1. The lowest BCUT2D eigenvalue weighted by Gasteiger charge is -2.18. The number of fused-ring (bicyclic) bond motifs is 1. The number of hydrogen-bond acceptors (Lipinski definition) is 4. The van der Waals surface area contributed by atoms with Crippen LogP contribution in [-0.4, -0.2) is 23.2 Å². The van der Waals surface area contributed by atoms with Crippen LogP contribution in [-0.2, 0) is 0 Å². The highest BCUT2D eigenvalue weighted by atomic mass is 79.9. The van der Waals surface area contributed by atoms with E-state index in [4.69, 9.17) is 9.47 Å². The topological polar surface area (TPSA) is 44.2 Å². The van der Waals surface area contributed by atoms with E-state index in [9.17, 15) is 0 Å².